The van der Waals surface area contributed by atoms with Crippen LogP contribution in [0, 0.1) is 0 Å². The molecule has 0 radical (unpaired) electrons. The van der Waals surface area contributed by atoms with Gasteiger partial charge in [-0.1, -0.05) is 0 Å². The number of aliphatic hydroxyl groups is 1. The number of carbonyl (C=O) groups is 2. The Bertz CT molecular complexity index is 449. The van der Waals surface area contributed by atoms with Crippen LogP contribution in [0.5, 0.6) is 0 Å². The number of carboxylic acid groups (broad SMARTS) is 1. The van der Waals surface area contributed by atoms with E-state index in [4.69, 9.17) is 5.11 Å². The first-order valence-corrected chi connectivity index (χ1v) is 5.87. The van der Waals surface area contributed by atoms with Gasteiger partial charge in [-0.2, -0.15) is 5.10 Å². The first-order chi connectivity index (χ1) is 9.08. The number of amides is 2. The maximum absolute atomic E-state index is 11.8. The van der Waals surface area contributed by atoms with Gasteiger partial charge in [0, 0.05) is 25.9 Å². The predicted octanol–water partition coefficient (Wildman–Crippen LogP) is -1.42. The highest BCUT2D eigenvalue weighted by molar-refractivity contribution is 5.83. The lowest BCUT2D eigenvalue weighted by Crippen LogP contribution is -2.46. The summed E-state index contributed by atoms with van der Waals surface area (Å²) in [6.07, 6.45) is 1.11. The molecule has 9 heteroatoms. The lowest BCUT2D eigenvalue weighted by atomic mass is 10.2. The van der Waals surface area contributed by atoms with Crippen molar-refractivity contribution in [1.29, 1.82) is 0 Å². The number of hydrogen-bond acceptors (Lipinski definition) is 5. The number of β-amino-alcohol motifs (C(OH)–C–C–N with tert-alkyl or cyclic N) is 1. The largest absolute Gasteiger partial charge is 0.480 e. The molecule has 1 aliphatic heterocycles. The highest BCUT2D eigenvalue weighted by Crippen LogP contribution is 2.17. The van der Waals surface area contributed by atoms with Crippen molar-refractivity contribution in [3.8, 4) is 0 Å². The Kier molecular flexibility index (Phi) is 3.95. The Morgan fingerprint density at radius 1 is 1.58 bits per heavy atom. The van der Waals surface area contributed by atoms with Crippen molar-refractivity contribution >= 4 is 12.0 Å². The zero-order valence-electron chi connectivity index (χ0n) is 10.1. The summed E-state index contributed by atoms with van der Waals surface area (Å²) in [5.41, 5.74) is 0. The first kappa shape index (κ1) is 13.3. The average molecular weight is 269 g/mol. The molecule has 1 unspecified atom stereocenters. The third-order valence-electron chi connectivity index (χ3n) is 2.93. The summed E-state index contributed by atoms with van der Waals surface area (Å²) >= 11 is 0. The summed E-state index contributed by atoms with van der Waals surface area (Å²) in [5, 5.41) is 27.3. The van der Waals surface area contributed by atoms with Gasteiger partial charge in [0.15, 0.2) is 0 Å². The van der Waals surface area contributed by atoms with Crippen molar-refractivity contribution in [2.24, 2.45) is 0 Å². The van der Waals surface area contributed by atoms with E-state index in [9.17, 15) is 14.7 Å². The number of H-pyrrole nitrogens is 1. The van der Waals surface area contributed by atoms with Crippen molar-refractivity contribution in [3.05, 3.63) is 12.2 Å². The van der Waals surface area contributed by atoms with Crippen LogP contribution in [0.2, 0.25) is 0 Å². The molecule has 9 nitrogen and oxygen atoms in total. The van der Waals surface area contributed by atoms with Crippen LogP contribution in [-0.2, 0) is 11.2 Å². The third-order valence-corrected chi connectivity index (χ3v) is 2.93. The third kappa shape index (κ3) is 3.19. The SMILES string of the molecule is O=C(O)[C@@H]1CC(O)CN1C(=O)NCCc1ncn[nH]1. The number of hydrogen-bond donors (Lipinski definition) is 4. The number of rotatable bonds is 4. The van der Waals surface area contributed by atoms with Gasteiger partial charge in [0.1, 0.15) is 18.2 Å². The molecule has 1 fully saturated rings. The zero-order valence-corrected chi connectivity index (χ0v) is 10.1. The Morgan fingerprint density at radius 3 is 3.00 bits per heavy atom. The van der Waals surface area contributed by atoms with E-state index in [1.165, 1.54) is 6.33 Å². The number of nitrogens with zero attached hydrogens (tertiary/aromatic N) is 3. The summed E-state index contributed by atoms with van der Waals surface area (Å²) in [6, 6.07) is -1.47. The van der Waals surface area contributed by atoms with E-state index >= 15 is 0 Å². The van der Waals surface area contributed by atoms with E-state index in [1.807, 2.05) is 0 Å². The highest BCUT2D eigenvalue weighted by Gasteiger charge is 2.38. The number of likely N-dealkylation sites (tertiary alicyclic amines) is 1. The minimum Gasteiger partial charge on any atom is -0.480 e. The number of aliphatic hydroxyl groups excluding tert-OH is 1. The number of aliphatic carboxylic acids is 1. The molecule has 0 saturated carbocycles. The summed E-state index contributed by atoms with van der Waals surface area (Å²) in [5.74, 6) is -0.474. The standard InChI is InChI=1S/C10H15N5O4/c16-6-3-7(9(17)18)15(4-6)10(19)11-2-1-8-12-5-13-14-8/h5-7,16H,1-4H2,(H,11,19)(H,17,18)(H,12,13,14)/t6?,7-/m0/s1. The number of nitrogens with one attached hydrogen (secondary N) is 2. The fourth-order valence-corrected chi connectivity index (χ4v) is 2.01. The number of aromatic amines is 1. The Labute approximate surface area is 108 Å². The maximum atomic E-state index is 11.8. The molecule has 2 rings (SSSR count). The lowest BCUT2D eigenvalue weighted by Gasteiger charge is -2.21. The molecule has 1 aromatic heterocycles. The monoisotopic (exact) mass is 269 g/mol. The molecule has 19 heavy (non-hydrogen) atoms. The molecule has 4 N–H and O–H groups in total. The second kappa shape index (κ2) is 5.65. The topological polar surface area (TPSA) is 131 Å². The second-order valence-corrected chi connectivity index (χ2v) is 4.31. The van der Waals surface area contributed by atoms with Gasteiger partial charge in [-0.3, -0.25) is 5.10 Å². The highest BCUT2D eigenvalue weighted by atomic mass is 16.4. The van der Waals surface area contributed by atoms with Crippen LogP contribution in [0.3, 0.4) is 0 Å². The molecule has 0 aromatic carbocycles. The Balaban J connectivity index is 1.83. The van der Waals surface area contributed by atoms with Crippen LogP contribution in [0.4, 0.5) is 4.79 Å². The molecule has 1 aliphatic rings. The minimum atomic E-state index is -1.11. The molecule has 2 amide bonds. The van der Waals surface area contributed by atoms with E-state index in [1.54, 1.807) is 0 Å². The molecular weight excluding hydrogens is 254 g/mol. The maximum Gasteiger partial charge on any atom is 0.326 e. The van der Waals surface area contributed by atoms with Crippen LogP contribution in [0.1, 0.15) is 12.2 Å². The van der Waals surface area contributed by atoms with Gasteiger partial charge >= 0.3 is 12.0 Å². The molecule has 2 heterocycles. The zero-order chi connectivity index (χ0) is 13.8. The van der Waals surface area contributed by atoms with Gasteiger partial charge in [-0.15, -0.1) is 0 Å². The molecule has 1 saturated heterocycles. The summed E-state index contributed by atoms with van der Waals surface area (Å²) in [6.45, 7) is 0.345. The summed E-state index contributed by atoms with van der Waals surface area (Å²) in [7, 11) is 0. The van der Waals surface area contributed by atoms with Crippen molar-refractivity contribution < 1.29 is 19.8 Å². The molecule has 0 spiro atoms. The van der Waals surface area contributed by atoms with Crippen molar-refractivity contribution in [3.63, 3.8) is 0 Å². The van der Waals surface area contributed by atoms with Gasteiger partial charge in [0.2, 0.25) is 0 Å². The number of carboxylic acids is 1. The number of urea groups is 1. The molecule has 2 atom stereocenters. The van der Waals surface area contributed by atoms with E-state index in [0.29, 0.717) is 18.8 Å². The van der Waals surface area contributed by atoms with Crippen molar-refractivity contribution in [1.82, 2.24) is 25.4 Å². The van der Waals surface area contributed by atoms with E-state index < -0.39 is 24.1 Å². The van der Waals surface area contributed by atoms with E-state index in [-0.39, 0.29) is 13.0 Å². The average Bonchev–Trinajstić information content (AvgIpc) is 2.98. The van der Waals surface area contributed by atoms with Crippen molar-refractivity contribution in [2.45, 2.75) is 25.0 Å². The number of carbonyl (C=O) groups excluding carboxylic acids is 1. The predicted molar refractivity (Wildman–Crippen MR) is 62.2 cm³/mol. The Hall–Kier alpha value is -2.16. The fraction of sp³-hybridized carbons (Fsp3) is 0.600. The molecule has 1 aromatic rings. The van der Waals surface area contributed by atoms with E-state index in [2.05, 4.69) is 20.5 Å². The number of aromatic nitrogens is 3. The summed E-state index contributed by atoms with van der Waals surface area (Å²) < 4.78 is 0. The second-order valence-electron chi connectivity index (χ2n) is 4.31. The van der Waals surface area contributed by atoms with Gasteiger partial charge in [-0.25, -0.2) is 14.6 Å². The molecule has 104 valence electrons. The molecule has 0 aliphatic carbocycles. The van der Waals surface area contributed by atoms with Crippen LogP contribution >= 0.6 is 0 Å². The van der Waals surface area contributed by atoms with Gasteiger partial charge in [0.25, 0.3) is 0 Å². The fourth-order valence-electron chi connectivity index (χ4n) is 2.01. The van der Waals surface area contributed by atoms with Crippen LogP contribution < -0.4 is 5.32 Å². The first-order valence-electron chi connectivity index (χ1n) is 5.87. The normalized spacial score (nSPS) is 22.5. The molecule has 0 bridgehead atoms. The van der Waals surface area contributed by atoms with Crippen LogP contribution in [-0.4, -0.2) is 67.5 Å². The van der Waals surface area contributed by atoms with Crippen LogP contribution in [0.25, 0.3) is 0 Å². The van der Waals surface area contributed by atoms with E-state index in [0.717, 1.165) is 4.90 Å². The van der Waals surface area contributed by atoms with Gasteiger partial charge in [0.05, 0.1) is 6.10 Å². The Morgan fingerprint density at radius 2 is 2.37 bits per heavy atom. The lowest BCUT2D eigenvalue weighted by molar-refractivity contribution is -0.141. The van der Waals surface area contributed by atoms with Gasteiger partial charge < -0.3 is 20.4 Å². The molecular formula is C10H15N5O4. The summed E-state index contributed by atoms with van der Waals surface area (Å²) in [4.78, 5) is 27.8. The van der Waals surface area contributed by atoms with Gasteiger partial charge in [-0.05, 0) is 0 Å². The van der Waals surface area contributed by atoms with Crippen LogP contribution in [0.15, 0.2) is 6.33 Å². The quantitative estimate of drug-likeness (QED) is 0.530. The minimum absolute atomic E-state index is 0.0328. The smallest absolute Gasteiger partial charge is 0.326 e. The van der Waals surface area contributed by atoms with Crippen molar-refractivity contribution in [2.75, 3.05) is 13.1 Å².